The minimum absolute atomic E-state index is 0. The van der Waals surface area contributed by atoms with Gasteiger partial charge in [-0.25, -0.2) is 0 Å². The van der Waals surface area contributed by atoms with Crippen LogP contribution in [0.25, 0.3) is 0 Å². The Labute approximate surface area is 82.6 Å². The van der Waals surface area contributed by atoms with Gasteiger partial charge in [-0.15, -0.1) is 0 Å². The van der Waals surface area contributed by atoms with Crippen molar-refractivity contribution in [1.29, 1.82) is 0 Å². The molecule has 0 unspecified atom stereocenters. The van der Waals surface area contributed by atoms with Crippen LogP contribution in [0.1, 0.15) is 0 Å². The van der Waals surface area contributed by atoms with Crippen LogP contribution in [0.5, 0.6) is 0 Å². The topological polar surface area (TPSA) is 52.0 Å². The maximum absolute atomic E-state index is 4.90. The Hall–Kier alpha value is 1.92. The van der Waals surface area contributed by atoms with Crippen LogP contribution in [0.15, 0.2) is 0 Å². The molecule has 0 amide bonds. The molecular formula is C2H10N2Na2. The predicted molar refractivity (Wildman–Crippen MR) is 32.4 cm³/mol. The molecule has 0 spiro atoms. The molecule has 4 N–H and O–H groups in total. The van der Waals surface area contributed by atoms with E-state index in [1.54, 1.807) is 0 Å². The molecule has 0 aliphatic heterocycles. The zero-order valence-electron chi connectivity index (χ0n) is 2.57. The first-order valence-electron chi connectivity index (χ1n) is 1.32. The normalized spacial score (nSPS) is 5.00. The summed E-state index contributed by atoms with van der Waals surface area (Å²) >= 11 is 0. The van der Waals surface area contributed by atoms with E-state index >= 15 is 0 Å². The first-order valence-corrected chi connectivity index (χ1v) is 1.32. The van der Waals surface area contributed by atoms with Crippen LogP contribution >= 0.6 is 0 Å². The van der Waals surface area contributed by atoms with E-state index in [-0.39, 0.29) is 59.1 Å². The summed E-state index contributed by atoms with van der Waals surface area (Å²) in [5.41, 5.74) is 9.81. The van der Waals surface area contributed by atoms with Crippen LogP contribution in [0.2, 0.25) is 0 Å². The van der Waals surface area contributed by atoms with Crippen molar-refractivity contribution in [2.75, 3.05) is 13.1 Å². The SMILES string of the molecule is NCCN.[NaH].[NaH]. The van der Waals surface area contributed by atoms with Crippen LogP contribution in [-0.4, -0.2) is 72.2 Å². The van der Waals surface area contributed by atoms with Crippen LogP contribution in [0.3, 0.4) is 0 Å². The van der Waals surface area contributed by atoms with Crippen molar-refractivity contribution in [3.05, 3.63) is 0 Å². The molecule has 0 radical (unpaired) electrons. The third kappa shape index (κ3) is 16.8. The van der Waals surface area contributed by atoms with Crippen molar-refractivity contribution in [2.45, 2.75) is 0 Å². The fourth-order valence-corrected chi connectivity index (χ4v) is 0. The molecule has 30 valence electrons. The quantitative estimate of drug-likeness (QED) is 0.368. The van der Waals surface area contributed by atoms with Crippen LogP contribution in [0.4, 0.5) is 0 Å². The van der Waals surface area contributed by atoms with E-state index < -0.39 is 0 Å². The second-order valence-corrected chi connectivity index (χ2v) is 0.577. The van der Waals surface area contributed by atoms with Crippen molar-refractivity contribution in [3.8, 4) is 0 Å². The average molecular weight is 108 g/mol. The summed E-state index contributed by atoms with van der Waals surface area (Å²) in [5.74, 6) is 0. The van der Waals surface area contributed by atoms with Crippen molar-refractivity contribution in [2.24, 2.45) is 11.5 Å². The Morgan fingerprint density at radius 1 is 0.833 bits per heavy atom. The van der Waals surface area contributed by atoms with Crippen molar-refractivity contribution < 1.29 is 0 Å². The second kappa shape index (κ2) is 15.8. The molecule has 0 aromatic heterocycles. The first-order chi connectivity index (χ1) is 1.91. The Morgan fingerprint density at radius 2 is 1.00 bits per heavy atom. The molecule has 0 rings (SSSR count). The number of rotatable bonds is 1. The van der Waals surface area contributed by atoms with Crippen LogP contribution in [0, 0.1) is 0 Å². The monoisotopic (exact) mass is 108 g/mol. The summed E-state index contributed by atoms with van der Waals surface area (Å²) in [4.78, 5) is 0. The van der Waals surface area contributed by atoms with Gasteiger partial charge in [-0.3, -0.25) is 0 Å². The van der Waals surface area contributed by atoms with E-state index in [1.807, 2.05) is 0 Å². The van der Waals surface area contributed by atoms with Gasteiger partial charge in [0, 0.05) is 13.1 Å². The molecule has 0 saturated heterocycles. The van der Waals surface area contributed by atoms with E-state index in [2.05, 4.69) is 0 Å². The predicted octanol–water partition coefficient (Wildman–Crippen LogP) is -2.39. The molecule has 0 saturated carbocycles. The standard InChI is InChI=1S/C2H8N2.2Na.2H/c3-1-2-4;;;;/h1-4H2;;;;. The summed E-state index contributed by atoms with van der Waals surface area (Å²) < 4.78 is 0. The second-order valence-electron chi connectivity index (χ2n) is 0.577. The van der Waals surface area contributed by atoms with E-state index in [4.69, 9.17) is 11.5 Å². The maximum atomic E-state index is 4.90. The Balaban J connectivity index is -0.0000000450. The molecule has 0 atom stereocenters. The molecule has 6 heavy (non-hydrogen) atoms. The van der Waals surface area contributed by atoms with Gasteiger partial charge in [0.05, 0.1) is 0 Å². The Bertz CT molecular complexity index is 11.5. The molecule has 0 aliphatic carbocycles. The van der Waals surface area contributed by atoms with Gasteiger partial charge in [-0.05, 0) is 0 Å². The number of hydrogen-bond donors (Lipinski definition) is 2. The van der Waals surface area contributed by atoms with Gasteiger partial charge in [0.25, 0.3) is 0 Å². The number of nitrogens with two attached hydrogens (primary N) is 2. The molecule has 0 aliphatic rings. The van der Waals surface area contributed by atoms with Gasteiger partial charge in [0.1, 0.15) is 0 Å². The van der Waals surface area contributed by atoms with Gasteiger partial charge in [0.2, 0.25) is 0 Å². The number of hydrogen-bond acceptors (Lipinski definition) is 2. The molecule has 0 heterocycles. The molecule has 0 aromatic rings. The van der Waals surface area contributed by atoms with Gasteiger partial charge in [0.15, 0.2) is 0 Å². The van der Waals surface area contributed by atoms with E-state index in [0.717, 1.165) is 0 Å². The van der Waals surface area contributed by atoms with Crippen LogP contribution < -0.4 is 11.5 Å². The molecule has 4 heteroatoms. The van der Waals surface area contributed by atoms with Crippen molar-refractivity contribution >= 4 is 59.1 Å². The van der Waals surface area contributed by atoms with E-state index in [0.29, 0.717) is 13.1 Å². The van der Waals surface area contributed by atoms with Crippen molar-refractivity contribution in [3.63, 3.8) is 0 Å². The summed E-state index contributed by atoms with van der Waals surface area (Å²) in [5, 5.41) is 0. The van der Waals surface area contributed by atoms with E-state index in [9.17, 15) is 0 Å². The average Bonchev–Trinajstić information content (AvgIpc) is 1.37. The molecular weight excluding hydrogens is 98.0 g/mol. The summed E-state index contributed by atoms with van der Waals surface area (Å²) in [6.07, 6.45) is 0. The third-order valence-electron chi connectivity index (χ3n) is 0.167. The summed E-state index contributed by atoms with van der Waals surface area (Å²) in [6, 6.07) is 0. The zero-order chi connectivity index (χ0) is 3.41. The fraction of sp³-hybridized carbons (Fsp3) is 1.00. The third-order valence-corrected chi connectivity index (χ3v) is 0.167. The van der Waals surface area contributed by atoms with Crippen molar-refractivity contribution in [1.82, 2.24) is 0 Å². The van der Waals surface area contributed by atoms with Gasteiger partial charge >= 0.3 is 59.1 Å². The fourth-order valence-electron chi connectivity index (χ4n) is 0. The van der Waals surface area contributed by atoms with E-state index in [1.165, 1.54) is 0 Å². The Kier molecular flexibility index (Phi) is 41.2. The minimum atomic E-state index is 0. The van der Waals surface area contributed by atoms with Gasteiger partial charge in [-0.2, -0.15) is 0 Å². The summed E-state index contributed by atoms with van der Waals surface area (Å²) in [7, 11) is 0. The molecule has 0 aromatic carbocycles. The van der Waals surface area contributed by atoms with Crippen LogP contribution in [-0.2, 0) is 0 Å². The molecule has 2 nitrogen and oxygen atoms in total. The molecule has 0 fully saturated rings. The Morgan fingerprint density at radius 3 is 1.00 bits per heavy atom. The zero-order valence-corrected chi connectivity index (χ0v) is 2.57. The first kappa shape index (κ1) is 15.7. The summed E-state index contributed by atoms with van der Waals surface area (Å²) in [6.45, 7) is 1.19. The van der Waals surface area contributed by atoms with Gasteiger partial charge in [-0.1, -0.05) is 0 Å². The molecule has 0 bridgehead atoms. The van der Waals surface area contributed by atoms with Gasteiger partial charge < -0.3 is 11.5 Å².